The number of nitrogens with one attached hydrogen (secondary N) is 2. The number of hydrogen-bond acceptors (Lipinski definition) is 5. The highest BCUT2D eigenvalue weighted by atomic mass is 16.5. The Labute approximate surface area is 210 Å². The van der Waals surface area contributed by atoms with Crippen LogP contribution < -0.4 is 10.6 Å². The van der Waals surface area contributed by atoms with Gasteiger partial charge in [-0.1, -0.05) is 60.7 Å². The molecule has 0 aliphatic carbocycles. The number of rotatable bonds is 14. The Morgan fingerprint density at radius 2 is 1.69 bits per heavy atom. The molecular weight excluding hydrogens is 458 g/mol. The van der Waals surface area contributed by atoms with E-state index in [0.717, 1.165) is 22.3 Å². The monoisotopic (exact) mass is 489 g/mol. The van der Waals surface area contributed by atoms with Gasteiger partial charge < -0.3 is 29.8 Å². The number of carboxylic acid groups (broad SMARTS) is 1. The molecule has 3 N–H and O–H groups in total. The topological polar surface area (TPSA) is 110 Å². The molecule has 3 aromatic rings. The van der Waals surface area contributed by atoms with Crippen LogP contribution >= 0.6 is 0 Å². The second-order valence-electron chi connectivity index (χ2n) is 8.26. The molecule has 0 aliphatic rings. The number of ether oxygens (including phenoxy) is 1. The molecule has 0 fully saturated rings. The van der Waals surface area contributed by atoms with Gasteiger partial charge >= 0.3 is 5.97 Å². The van der Waals surface area contributed by atoms with E-state index in [0.29, 0.717) is 19.4 Å². The maximum atomic E-state index is 13.2. The lowest BCUT2D eigenvalue weighted by Gasteiger charge is -2.21. The maximum Gasteiger partial charge on any atom is 0.306 e. The van der Waals surface area contributed by atoms with Gasteiger partial charge in [-0.3, -0.25) is 9.59 Å². The number of hydrogen-bond donors (Lipinski definition) is 3. The van der Waals surface area contributed by atoms with Crippen LogP contribution in [0.5, 0.6) is 0 Å². The minimum absolute atomic E-state index is 0.236. The quantitative estimate of drug-likeness (QED) is 0.236. The van der Waals surface area contributed by atoms with E-state index < -0.39 is 30.4 Å². The Kier molecular flexibility index (Phi) is 10.0. The van der Waals surface area contributed by atoms with Crippen LogP contribution in [0.15, 0.2) is 85.3 Å². The summed E-state index contributed by atoms with van der Waals surface area (Å²) >= 11 is 0. The molecule has 8 nitrogen and oxygen atoms in total. The molecule has 1 aromatic heterocycles. The molecule has 0 spiro atoms. The third-order valence-corrected chi connectivity index (χ3v) is 5.66. The largest absolute Gasteiger partial charge is 0.481 e. The fourth-order valence-corrected chi connectivity index (χ4v) is 3.82. The van der Waals surface area contributed by atoms with Crippen LogP contribution in [-0.2, 0) is 19.1 Å². The first-order valence-electron chi connectivity index (χ1n) is 11.7. The summed E-state index contributed by atoms with van der Waals surface area (Å²) < 4.78 is 6.64. The average molecular weight is 490 g/mol. The van der Waals surface area contributed by atoms with Crippen molar-refractivity contribution in [1.82, 2.24) is 15.2 Å². The Hall–Kier alpha value is -4.17. The van der Waals surface area contributed by atoms with Gasteiger partial charge in [0.05, 0.1) is 19.1 Å². The van der Waals surface area contributed by atoms with Crippen LogP contribution in [0.2, 0.25) is 0 Å². The second-order valence-corrected chi connectivity index (χ2v) is 8.26. The van der Waals surface area contributed by atoms with Gasteiger partial charge in [-0.05, 0) is 28.3 Å². The Balaban J connectivity index is 1.77. The Bertz CT molecular complexity index is 1160. The van der Waals surface area contributed by atoms with Gasteiger partial charge in [0, 0.05) is 38.7 Å². The molecule has 0 saturated carbocycles. The van der Waals surface area contributed by atoms with Crippen molar-refractivity contribution in [2.45, 2.75) is 24.9 Å². The number of methoxy groups -OCH3 is 1. The normalized spacial score (nSPS) is 13.0. The smallest absolute Gasteiger partial charge is 0.306 e. The molecule has 1 heterocycles. The lowest BCUT2D eigenvalue weighted by Crippen LogP contribution is -2.41. The zero-order chi connectivity index (χ0) is 25.8. The molecule has 8 heteroatoms. The standard InChI is InChI=1S/C28H31N3O5/c1-36-15-13-29-18-24(22-10-6-3-7-11-22)16-25(20-32)30-28(35)26(17-27(33)34)31-14-12-23(19-31)21-8-4-2-5-9-21/h2-12,14,18-20,25-26,29H,13,15-17H2,1H3,(H,30,35)(H,33,34)/b24-18-/t25-,26+/m0/s1. The third kappa shape index (κ3) is 7.68. The van der Waals surface area contributed by atoms with Gasteiger partial charge in [-0.2, -0.15) is 0 Å². The number of aromatic nitrogens is 1. The van der Waals surface area contributed by atoms with Crippen LogP contribution in [0.4, 0.5) is 0 Å². The number of carbonyl (C=O) groups is 3. The SMILES string of the molecule is COCCN/C=C(/C[C@@H](C=O)NC(=O)[C@@H](CC(=O)O)n1ccc(-c2ccccc2)c1)c1ccccc1. The van der Waals surface area contributed by atoms with Crippen molar-refractivity contribution in [3.63, 3.8) is 0 Å². The molecule has 0 bridgehead atoms. The molecule has 0 radical (unpaired) electrons. The molecule has 0 unspecified atom stereocenters. The predicted octanol–water partition coefficient (Wildman–Crippen LogP) is 3.52. The summed E-state index contributed by atoms with van der Waals surface area (Å²) in [5.74, 6) is -1.65. The van der Waals surface area contributed by atoms with E-state index in [-0.39, 0.29) is 6.42 Å². The van der Waals surface area contributed by atoms with Crippen molar-refractivity contribution in [2.24, 2.45) is 0 Å². The minimum Gasteiger partial charge on any atom is -0.481 e. The van der Waals surface area contributed by atoms with Crippen molar-refractivity contribution in [3.05, 3.63) is 90.9 Å². The van der Waals surface area contributed by atoms with Crippen LogP contribution in [-0.4, -0.2) is 54.1 Å². The Morgan fingerprint density at radius 3 is 2.33 bits per heavy atom. The van der Waals surface area contributed by atoms with Crippen LogP contribution in [0.3, 0.4) is 0 Å². The van der Waals surface area contributed by atoms with E-state index in [9.17, 15) is 19.5 Å². The highest BCUT2D eigenvalue weighted by molar-refractivity contribution is 5.87. The van der Waals surface area contributed by atoms with Gasteiger partial charge in [-0.15, -0.1) is 0 Å². The summed E-state index contributed by atoms with van der Waals surface area (Å²) in [6.45, 7) is 1.11. The van der Waals surface area contributed by atoms with Crippen LogP contribution in [0.25, 0.3) is 16.7 Å². The fraction of sp³-hybridized carbons (Fsp3) is 0.250. The number of aldehydes is 1. The number of benzene rings is 2. The molecule has 3 rings (SSSR count). The molecule has 0 saturated heterocycles. The van der Waals surface area contributed by atoms with Gasteiger partial charge in [0.25, 0.3) is 0 Å². The molecular formula is C28H31N3O5. The highest BCUT2D eigenvalue weighted by Gasteiger charge is 2.26. The first-order valence-corrected chi connectivity index (χ1v) is 11.7. The van der Waals surface area contributed by atoms with Crippen LogP contribution in [0, 0.1) is 0 Å². The number of carbonyl (C=O) groups excluding carboxylic acids is 2. The maximum absolute atomic E-state index is 13.2. The summed E-state index contributed by atoms with van der Waals surface area (Å²) in [7, 11) is 1.61. The molecule has 1 amide bonds. The fourth-order valence-electron chi connectivity index (χ4n) is 3.82. The zero-order valence-electron chi connectivity index (χ0n) is 20.2. The predicted molar refractivity (Wildman–Crippen MR) is 138 cm³/mol. The number of carboxylic acids is 1. The van der Waals surface area contributed by atoms with Crippen molar-refractivity contribution in [2.75, 3.05) is 20.3 Å². The van der Waals surface area contributed by atoms with Gasteiger partial charge in [0.1, 0.15) is 12.3 Å². The van der Waals surface area contributed by atoms with E-state index in [1.807, 2.05) is 72.9 Å². The third-order valence-electron chi connectivity index (χ3n) is 5.66. The van der Waals surface area contributed by atoms with E-state index in [4.69, 9.17) is 4.74 Å². The van der Waals surface area contributed by atoms with E-state index >= 15 is 0 Å². The summed E-state index contributed by atoms with van der Waals surface area (Å²) in [4.78, 5) is 36.7. The lowest BCUT2D eigenvalue weighted by molar-refractivity contribution is -0.140. The van der Waals surface area contributed by atoms with Crippen LogP contribution in [0.1, 0.15) is 24.4 Å². The summed E-state index contributed by atoms with van der Waals surface area (Å²) in [6.07, 6.45) is 5.73. The molecule has 36 heavy (non-hydrogen) atoms. The first-order chi connectivity index (χ1) is 17.5. The minimum atomic E-state index is -1.11. The Morgan fingerprint density at radius 1 is 1.00 bits per heavy atom. The summed E-state index contributed by atoms with van der Waals surface area (Å²) in [5, 5.41) is 15.4. The van der Waals surface area contributed by atoms with Crippen molar-refractivity contribution in [3.8, 4) is 11.1 Å². The molecule has 2 aromatic carbocycles. The van der Waals surface area contributed by atoms with E-state index in [2.05, 4.69) is 10.6 Å². The van der Waals surface area contributed by atoms with E-state index in [1.165, 1.54) is 0 Å². The number of aliphatic carboxylic acids is 1. The molecule has 0 aliphatic heterocycles. The van der Waals surface area contributed by atoms with Crippen molar-refractivity contribution < 1.29 is 24.2 Å². The zero-order valence-corrected chi connectivity index (χ0v) is 20.2. The van der Waals surface area contributed by atoms with Gasteiger partial charge in [-0.25, -0.2) is 0 Å². The van der Waals surface area contributed by atoms with Crippen molar-refractivity contribution >= 4 is 23.7 Å². The second kappa shape index (κ2) is 13.7. The lowest BCUT2D eigenvalue weighted by atomic mass is 9.99. The highest BCUT2D eigenvalue weighted by Crippen LogP contribution is 2.24. The molecule has 2 atom stereocenters. The first kappa shape index (κ1) is 26.4. The molecule has 188 valence electrons. The van der Waals surface area contributed by atoms with E-state index in [1.54, 1.807) is 24.1 Å². The van der Waals surface area contributed by atoms with Gasteiger partial charge in [0.15, 0.2) is 0 Å². The average Bonchev–Trinajstić information content (AvgIpc) is 3.39. The van der Waals surface area contributed by atoms with Crippen molar-refractivity contribution in [1.29, 1.82) is 0 Å². The number of amides is 1. The van der Waals surface area contributed by atoms with Gasteiger partial charge in [0.2, 0.25) is 5.91 Å². The number of nitrogens with zero attached hydrogens (tertiary/aromatic N) is 1. The summed E-state index contributed by atoms with van der Waals surface area (Å²) in [6, 6.07) is 19.1. The summed E-state index contributed by atoms with van der Waals surface area (Å²) in [5.41, 5.74) is 3.55.